The molecule has 1 atom stereocenters. The minimum atomic E-state index is -0.494. The van der Waals surface area contributed by atoms with Crippen LogP contribution in [0.5, 0.6) is 0 Å². The molecule has 1 saturated heterocycles. The van der Waals surface area contributed by atoms with Gasteiger partial charge < -0.3 is 10.0 Å². The van der Waals surface area contributed by atoms with Crippen LogP contribution in [0.15, 0.2) is 0 Å². The van der Waals surface area contributed by atoms with Gasteiger partial charge in [-0.25, -0.2) is 0 Å². The zero-order valence-electron chi connectivity index (χ0n) is 12.2. The molecule has 1 fully saturated rings. The summed E-state index contributed by atoms with van der Waals surface area (Å²) in [7, 11) is 1.76. The number of likely N-dealkylation sites (tertiary alicyclic amines) is 1. The number of carbonyl (C=O) groups excluding carboxylic acids is 2. The van der Waals surface area contributed by atoms with Gasteiger partial charge in [0.05, 0.1) is 11.3 Å². The molecular weight excluding hydrogens is 258 g/mol. The van der Waals surface area contributed by atoms with Crippen molar-refractivity contribution in [2.45, 2.75) is 26.7 Å². The Balaban J connectivity index is 2.18. The van der Waals surface area contributed by atoms with E-state index in [1.165, 1.54) is 0 Å². The zero-order valence-corrected chi connectivity index (χ0v) is 12.2. The molecule has 0 aromatic carbocycles. The second-order valence-corrected chi connectivity index (χ2v) is 5.44. The molecule has 0 spiro atoms. The van der Waals surface area contributed by atoms with Gasteiger partial charge in [-0.1, -0.05) is 0 Å². The highest BCUT2D eigenvalue weighted by Gasteiger charge is 2.31. The lowest BCUT2D eigenvalue weighted by Crippen LogP contribution is -2.44. The highest BCUT2D eigenvalue weighted by Crippen LogP contribution is 2.19. The molecular formula is C14H21N3O3. The molecule has 0 radical (unpaired) electrons. The molecule has 20 heavy (non-hydrogen) atoms. The Labute approximate surface area is 118 Å². The molecule has 1 unspecified atom stereocenters. The number of hydrogen-bond acceptors (Lipinski definition) is 4. The third-order valence-corrected chi connectivity index (χ3v) is 3.99. The monoisotopic (exact) mass is 279 g/mol. The summed E-state index contributed by atoms with van der Waals surface area (Å²) < 4.78 is 1.61. The van der Waals surface area contributed by atoms with Gasteiger partial charge in [0.1, 0.15) is 0 Å². The number of hydrogen-bond donors (Lipinski definition) is 1. The fraction of sp³-hybridized carbons (Fsp3) is 0.643. The van der Waals surface area contributed by atoms with Gasteiger partial charge in [-0.3, -0.25) is 14.3 Å². The first-order chi connectivity index (χ1) is 9.45. The third kappa shape index (κ3) is 2.60. The molecule has 110 valence electrons. The van der Waals surface area contributed by atoms with E-state index in [2.05, 4.69) is 5.10 Å². The van der Waals surface area contributed by atoms with Crippen LogP contribution in [0.2, 0.25) is 0 Å². The van der Waals surface area contributed by atoms with Crippen molar-refractivity contribution in [1.29, 1.82) is 0 Å². The molecule has 0 aliphatic carbocycles. The lowest BCUT2D eigenvalue weighted by molar-refractivity contribution is -0.128. The second kappa shape index (κ2) is 5.75. The quantitative estimate of drug-likeness (QED) is 0.644. The Kier molecular flexibility index (Phi) is 4.23. The Morgan fingerprint density at radius 3 is 2.65 bits per heavy atom. The number of aromatic nitrogens is 2. The van der Waals surface area contributed by atoms with Gasteiger partial charge in [0.15, 0.2) is 0 Å². The molecule has 6 heteroatoms. The summed E-state index contributed by atoms with van der Waals surface area (Å²) >= 11 is 0. The average Bonchev–Trinajstić information content (AvgIpc) is 2.70. The molecule has 1 amide bonds. The van der Waals surface area contributed by atoms with Crippen molar-refractivity contribution in [1.82, 2.24) is 14.7 Å². The van der Waals surface area contributed by atoms with Crippen molar-refractivity contribution in [3.63, 3.8) is 0 Å². The summed E-state index contributed by atoms with van der Waals surface area (Å²) in [5, 5.41) is 13.4. The van der Waals surface area contributed by atoms with Gasteiger partial charge in [-0.2, -0.15) is 5.10 Å². The minimum Gasteiger partial charge on any atom is -0.396 e. The van der Waals surface area contributed by atoms with Gasteiger partial charge in [0.25, 0.3) is 11.7 Å². The van der Waals surface area contributed by atoms with Crippen LogP contribution in [0, 0.1) is 19.8 Å². The number of nitrogens with zero attached hydrogens (tertiary/aromatic N) is 3. The molecule has 1 aromatic rings. The summed E-state index contributed by atoms with van der Waals surface area (Å²) in [6.45, 7) is 4.62. The largest absolute Gasteiger partial charge is 0.396 e. The number of rotatable bonds is 3. The first kappa shape index (κ1) is 14.7. The lowest BCUT2D eigenvalue weighted by Gasteiger charge is -2.31. The Bertz CT molecular complexity index is 536. The maximum atomic E-state index is 12.4. The van der Waals surface area contributed by atoms with Crippen LogP contribution in [0.25, 0.3) is 0 Å². The topological polar surface area (TPSA) is 75.4 Å². The number of ketones is 1. The first-order valence-electron chi connectivity index (χ1n) is 6.90. The maximum Gasteiger partial charge on any atom is 0.295 e. The fourth-order valence-corrected chi connectivity index (χ4v) is 2.75. The smallest absolute Gasteiger partial charge is 0.295 e. The number of amides is 1. The summed E-state index contributed by atoms with van der Waals surface area (Å²) in [4.78, 5) is 26.3. The van der Waals surface area contributed by atoms with E-state index in [4.69, 9.17) is 0 Å². The third-order valence-electron chi connectivity index (χ3n) is 3.99. The number of piperidine rings is 1. The van der Waals surface area contributed by atoms with Crippen molar-refractivity contribution in [3.05, 3.63) is 17.0 Å². The number of Topliss-reactive ketones (excluding diaryl/α,β-unsaturated/α-hetero) is 1. The van der Waals surface area contributed by atoms with Crippen molar-refractivity contribution >= 4 is 11.7 Å². The fourth-order valence-electron chi connectivity index (χ4n) is 2.75. The predicted molar refractivity (Wildman–Crippen MR) is 73.4 cm³/mol. The van der Waals surface area contributed by atoms with E-state index in [1.807, 2.05) is 0 Å². The average molecular weight is 279 g/mol. The molecule has 1 aromatic heterocycles. The van der Waals surface area contributed by atoms with Crippen LogP contribution in [0.4, 0.5) is 0 Å². The molecule has 0 saturated carbocycles. The van der Waals surface area contributed by atoms with Gasteiger partial charge in [0.2, 0.25) is 0 Å². The highest BCUT2D eigenvalue weighted by molar-refractivity contribution is 6.43. The van der Waals surface area contributed by atoms with Crippen molar-refractivity contribution in [3.8, 4) is 0 Å². The van der Waals surface area contributed by atoms with E-state index in [9.17, 15) is 14.7 Å². The van der Waals surface area contributed by atoms with Crippen LogP contribution in [-0.4, -0.2) is 51.2 Å². The number of aliphatic hydroxyl groups is 1. The van der Waals surface area contributed by atoms with E-state index in [0.29, 0.717) is 30.0 Å². The van der Waals surface area contributed by atoms with Crippen molar-refractivity contribution in [2.24, 2.45) is 13.0 Å². The van der Waals surface area contributed by atoms with Gasteiger partial charge in [0, 0.05) is 32.4 Å². The van der Waals surface area contributed by atoms with E-state index < -0.39 is 11.7 Å². The molecule has 2 heterocycles. The normalized spacial score (nSPS) is 19.2. The van der Waals surface area contributed by atoms with Gasteiger partial charge in [-0.05, 0) is 32.6 Å². The Morgan fingerprint density at radius 2 is 2.10 bits per heavy atom. The summed E-state index contributed by atoms with van der Waals surface area (Å²) in [6.07, 6.45) is 1.73. The van der Waals surface area contributed by atoms with Crippen LogP contribution in [-0.2, 0) is 11.8 Å². The molecule has 6 nitrogen and oxygen atoms in total. The van der Waals surface area contributed by atoms with Crippen LogP contribution < -0.4 is 0 Å². The van der Waals surface area contributed by atoms with Gasteiger partial charge >= 0.3 is 0 Å². The van der Waals surface area contributed by atoms with E-state index in [1.54, 1.807) is 30.5 Å². The standard InChI is InChI=1S/C14H21N3O3/c1-9-12(10(2)16(3)15-9)13(19)14(20)17-6-4-5-11(7-17)8-18/h11,18H,4-8H2,1-3H3. The maximum absolute atomic E-state index is 12.4. The van der Waals surface area contributed by atoms with Crippen molar-refractivity contribution in [2.75, 3.05) is 19.7 Å². The molecule has 1 aliphatic rings. The Morgan fingerprint density at radius 1 is 1.40 bits per heavy atom. The molecule has 2 rings (SSSR count). The predicted octanol–water partition coefficient (Wildman–Crippen LogP) is 0.451. The summed E-state index contributed by atoms with van der Waals surface area (Å²) in [6, 6.07) is 0. The summed E-state index contributed by atoms with van der Waals surface area (Å²) in [5.74, 6) is -0.898. The van der Waals surface area contributed by atoms with E-state index >= 15 is 0 Å². The zero-order chi connectivity index (χ0) is 14.9. The van der Waals surface area contributed by atoms with Crippen LogP contribution in [0.3, 0.4) is 0 Å². The SMILES string of the molecule is Cc1nn(C)c(C)c1C(=O)C(=O)N1CCCC(CO)C1. The van der Waals surface area contributed by atoms with Crippen LogP contribution in [0.1, 0.15) is 34.6 Å². The van der Waals surface area contributed by atoms with Crippen LogP contribution >= 0.6 is 0 Å². The lowest BCUT2D eigenvalue weighted by atomic mass is 9.98. The summed E-state index contributed by atoms with van der Waals surface area (Å²) in [5.41, 5.74) is 1.69. The highest BCUT2D eigenvalue weighted by atomic mass is 16.3. The van der Waals surface area contributed by atoms with Crippen molar-refractivity contribution < 1.29 is 14.7 Å². The molecule has 0 bridgehead atoms. The number of aliphatic hydroxyl groups excluding tert-OH is 1. The molecule has 1 N–H and O–H groups in total. The minimum absolute atomic E-state index is 0.0585. The first-order valence-corrected chi connectivity index (χ1v) is 6.90. The Hall–Kier alpha value is -1.69. The second-order valence-electron chi connectivity index (χ2n) is 5.44. The number of aryl methyl sites for hydroxylation is 2. The van der Waals surface area contributed by atoms with E-state index in [-0.39, 0.29) is 12.5 Å². The molecule has 1 aliphatic heterocycles. The number of carbonyl (C=O) groups is 2. The van der Waals surface area contributed by atoms with Gasteiger partial charge in [-0.15, -0.1) is 0 Å². The van der Waals surface area contributed by atoms with E-state index in [0.717, 1.165) is 12.8 Å².